The highest BCUT2D eigenvalue weighted by molar-refractivity contribution is 7.10. The quantitative estimate of drug-likeness (QED) is 0.812. The number of rotatable bonds is 6. The fourth-order valence-electron chi connectivity index (χ4n) is 2.97. The third kappa shape index (κ3) is 4.57. The summed E-state index contributed by atoms with van der Waals surface area (Å²) >= 11 is 1.79. The van der Waals surface area contributed by atoms with E-state index in [1.165, 1.54) is 11.1 Å². The molecule has 0 amide bonds. The number of likely N-dealkylation sites (N-methyl/N-ethyl adjacent to an activating group) is 1. The van der Waals surface area contributed by atoms with Crippen LogP contribution in [0.4, 0.5) is 4.39 Å². The van der Waals surface area contributed by atoms with Crippen molar-refractivity contribution in [3.63, 3.8) is 0 Å². The summed E-state index contributed by atoms with van der Waals surface area (Å²) in [6.07, 6.45) is 2.97. The predicted octanol–water partition coefficient (Wildman–Crippen LogP) is 2.79. The molecular formula is C17H22FN3OS. The maximum Gasteiger partial charge on any atom is 0.141 e. The molecule has 1 aliphatic heterocycles. The van der Waals surface area contributed by atoms with Gasteiger partial charge in [0.1, 0.15) is 5.82 Å². The van der Waals surface area contributed by atoms with Gasteiger partial charge in [0, 0.05) is 37.3 Å². The van der Waals surface area contributed by atoms with Crippen LogP contribution in [-0.2, 0) is 11.3 Å². The van der Waals surface area contributed by atoms with Gasteiger partial charge in [0.15, 0.2) is 0 Å². The van der Waals surface area contributed by atoms with Crippen LogP contribution in [-0.4, -0.2) is 54.7 Å². The number of aromatic nitrogens is 1. The molecule has 1 fully saturated rings. The van der Waals surface area contributed by atoms with E-state index in [0.717, 1.165) is 38.4 Å². The molecule has 0 aliphatic carbocycles. The van der Waals surface area contributed by atoms with E-state index in [1.807, 2.05) is 0 Å². The summed E-state index contributed by atoms with van der Waals surface area (Å²) in [7, 11) is 2.08. The number of morpholine rings is 1. The molecule has 124 valence electrons. The molecule has 0 bridgehead atoms. The van der Waals surface area contributed by atoms with E-state index >= 15 is 0 Å². The second kappa shape index (κ2) is 7.97. The van der Waals surface area contributed by atoms with Gasteiger partial charge in [-0.1, -0.05) is 6.07 Å². The van der Waals surface area contributed by atoms with Crippen molar-refractivity contribution in [3.8, 4) is 0 Å². The molecule has 0 aromatic carbocycles. The maximum atomic E-state index is 13.3. The second-order valence-electron chi connectivity index (χ2n) is 5.89. The molecule has 0 radical (unpaired) electrons. The number of thiophene rings is 1. The Balaban J connectivity index is 1.67. The highest BCUT2D eigenvalue weighted by Gasteiger charge is 2.24. The molecule has 1 aliphatic rings. The first kappa shape index (κ1) is 16.5. The largest absolute Gasteiger partial charge is 0.379 e. The Morgan fingerprint density at radius 2 is 2.22 bits per heavy atom. The molecule has 0 unspecified atom stereocenters. The lowest BCUT2D eigenvalue weighted by molar-refractivity contribution is 0.00963. The highest BCUT2D eigenvalue weighted by atomic mass is 32.1. The number of pyridine rings is 1. The zero-order valence-corrected chi connectivity index (χ0v) is 14.1. The van der Waals surface area contributed by atoms with Gasteiger partial charge in [-0.05, 0) is 30.1 Å². The van der Waals surface area contributed by atoms with Crippen LogP contribution in [0.1, 0.15) is 16.5 Å². The van der Waals surface area contributed by atoms with Crippen molar-refractivity contribution < 1.29 is 9.13 Å². The van der Waals surface area contributed by atoms with Crippen LogP contribution in [0, 0.1) is 5.82 Å². The molecule has 0 saturated carbocycles. The Kier molecular flexibility index (Phi) is 5.72. The van der Waals surface area contributed by atoms with Crippen LogP contribution >= 0.6 is 11.3 Å². The van der Waals surface area contributed by atoms with E-state index in [2.05, 4.69) is 39.3 Å². The normalized spacial score (nSPS) is 17.5. The van der Waals surface area contributed by atoms with E-state index in [1.54, 1.807) is 23.6 Å². The van der Waals surface area contributed by atoms with Crippen molar-refractivity contribution in [3.05, 3.63) is 52.2 Å². The molecule has 1 atom stereocenters. The van der Waals surface area contributed by atoms with Gasteiger partial charge < -0.3 is 9.64 Å². The Bertz CT molecular complexity index is 602. The van der Waals surface area contributed by atoms with Gasteiger partial charge >= 0.3 is 0 Å². The topological polar surface area (TPSA) is 28.6 Å². The number of ether oxygens (including phenoxy) is 1. The van der Waals surface area contributed by atoms with Gasteiger partial charge in [-0.15, -0.1) is 11.3 Å². The van der Waals surface area contributed by atoms with Crippen LogP contribution in [0.2, 0.25) is 0 Å². The van der Waals surface area contributed by atoms with E-state index in [4.69, 9.17) is 4.74 Å². The molecule has 23 heavy (non-hydrogen) atoms. The first-order valence-corrected chi connectivity index (χ1v) is 8.73. The molecule has 3 rings (SSSR count). The fourth-order valence-corrected chi connectivity index (χ4v) is 3.82. The zero-order chi connectivity index (χ0) is 16.1. The van der Waals surface area contributed by atoms with Crippen LogP contribution in [0.15, 0.2) is 36.0 Å². The summed E-state index contributed by atoms with van der Waals surface area (Å²) in [4.78, 5) is 10.0. The standard InChI is InChI=1S/C17H22FN3OS/c1-20(12-14-9-15(18)11-19-10-14)13-16(17-3-2-8-23-17)21-4-6-22-7-5-21/h2-3,8-11,16H,4-7,12-13H2,1H3/t16-/m1/s1. The summed E-state index contributed by atoms with van der Waals surface area (Å²) in [6.45, 7) is 5.09. The van der Waals surface area contributed by atoms with Crippen molar-refractivity contribution in [2.24, 2.45) is 0 Å². The van der Waals surface area contributed by atoms with E-state index < -0.39 is 0 Å². The van der Waals surface area contributed by atoms with Crippen LogP contribution in [0.3, 0.4) is 0 Å². The molecule has 6 heteroatoms. The second-order valence-corrected chi connectivity index (χ2v) is 6.87. The van der Waals surface area contributed by atoms with Crippen molar-refractivity contribution in [1.82, 2.24) is 14.8 Å². The number of nitrogens with zero attached hydrogens (tertiary/aromatic N) is 3. The Labute approximate surface area is 140 Å². The number of hydrogen-bond donors (Lipinski definition) is 0. The molecule has 3 heterocycles. The molecule has 2 aromatic rings. The van der Waals surface area contributed by atoms with E-state index in [0.29, 0.717) is 12.6 Å². The molecule has 1 saturated heterocycles. The summed E-state index contributed by atoms with van der Waals surface area (Å²) in [5.41, 5.74) is 0.902. The lowest BCUT2D eigenvalue weighted by Gasteiger charge is -2.36. The van der Waals surface area contributed by atoms with Crippen molar-refractivity contribution >= 4 is 11.3 Å². The average molecular weight is 335 g/mol. The number of halogens is 1. The smallest absolute Gasteiger partial charge is 0.141 e. The van der Waals surface area contributed by atoms with Crippen molar-refractivity contribution in [2.75, 3.05) is 39.9 Å². The highest BCUT2D eigenvalue weighted by Crippen LogP contribution is 2.27. The monoisotopic (exact) mass is 335 g/mol. The molecule has 2 aromatic heterocycles. The molecule has 0 N–H and O–H groups in total. The first-order valence-electron chi connectivity index (χ1n) is 7.85. The average Bonchev–Trinajstić information content (AvgIpc) is 3.07. The van der Waals surface area contributed by atoms with Gasteiger partial charge in [-0.25, -0.2) is 4.39 Å². The Morgan fingerprint density at radius 3 is 2.91 bits per heavy atom. The molecule has 0 spiro atoms. The van der Waals surface area contributed by atoms with Crippen LogP contribution in [0.25, 0.3) is 0 Å². The Hall–Kier alpha value is -1.34. The Morgan fingerprint density at radius 1 is 1.39 bits per heavy atom. The third-order valence-corrected chi connectivity index (χ3v) is 5.03. The minimum Gasteiger partial charge on any atom is -0.379 e. The number of hydrogen-bond acceptors (Lipinski definition) is 5. The van der Waals surface area contributed by atoms with Gasteiger partial charge in [-0.3, -0.25) is 9.88 Å². The summed E-state index contributed by atoms with van der Waals surface area (Å²) < 4.78 is 18.8. The predicted molar refractivity (Wildman–Crippen MR) is 90.0 cm³/mol. The summed E-state index contributed by atoms with van der Waals surface area (Å²) in [6, 6.07) is 6.20. The first-order chi connectivity index (χ1) is 11.2. The van der Waals surface area contributed by atoms with Crippen molar-refractivity contribution in [1.29, 1.82) is 0 Å². The minimum atomic E-state index is -0.279. The molecule has 4 nitrogen and oxygen atoms in total. The van der Waals surface area contributed by atoms with Gasteiger partial charge in [-0.2, -0.15) is 0 Å². The fraction of sp³-hybridized carbons (Fsp3) is 0.471. The summed E-state index contributed by atoms with van der Waals surface area (Å²) in [5.74, 6) is -0.279. The van der Waals surface area contributed by atoms with Crippen LogP contribution < -0.4 is 0 Å². The zero-order valence-electron chi connectivity index (χ0n) is 13.3. The van der Waals surface area contributed by atoms with Crippen LogP contribution in [0.5, 0.6) is 0 Å². The lowest BCUT2D eigenvalue weighted by Crippen LogP contribution is -2.42. The SMILES string of the molecule is CN(Cc1cncc(F)c1)C[C@H](c1cccs1)N1CCOCC1. The minimum absolute atomic E-state index is 0.279. The van der Waals surface area contributed by atoms with E-state index in [-0.39, 0.29) is 5.82 Å². The molecular weight excluding hydrogens is 313 g/mol. The third-order valence-electron chi connectivity index (χ3n) is 4.06. The summed E-state index contributed by atoms with van der Waals surface area (Å²) in [5, 5.41) is 2.12. The maximum absolute atomic E-state index is 13.3. The van der Waals surface area contributed by atoms with Gasteiger partial charge in [0.05, 0.1) is 25.5 Å². The van der Waals surface area contributed by atoms with Gasteiger partial charge in [0.25, 0.3) is 0 Å². The van der Waals surface area contributed by atoms with E-state index in [9.17, 15) is 4.39 Å². The van der Waals surface area contributed by atoms with Gasteiger partial charge in [0.2, 0.25) is 0 Å². The lowest BCUT2D eigenvalue weighted by atomic mass is 10.1. The van der Waals surface area contributed by atoms with Crippen molar-refractivity contribution in [2.45, 2.75) is 12.6 Å².